The number of rotatable bonds is 3. The molecule has 1 aromatic carbocycles. The second-order valence-corrected chi connectivity index (χ2v) is 5.36. The summed E-state index contributed by atoms with van der Waals surface area (Å²) in [4.78, 5) is 10.8. The largest absolute Gasteiger partial charge is 0.481 e. The second-order valence-electron chi connectivity index (χ2n) is 5.36. The topological polar surface area (TPSA) is 85.2 Å². The van der Waals surface area contributed by atoms with E-state index >= 15 is 0 Å². The summed E-state index contributed by atoms with van der Waals surface area (Å²) in [6, 6.07) is 9.56. The number of aliphatic carboxylic acids is 1. The van der Waals surface area contributed by atoms with Gasteiger partial charge in [0.25, 0.3) is 0 Å². The predicted octanol–water partition coefficient (Wildman–Crippen LogP) is 1.09. The summed E-state index contributed by atoms with van der Waals surface area (Å²) in [6.07, 6.45) is -2.50. The van der Waals surface area contributed by atoms with E-state index in [1.54, 1.807) is 0 Å². The van der Waals surface area contributed by atoms with Crippen LogP contribution in [0, 0.1) is 0 Å². The van der Waals surface area contributed by atoms with Gasteiger partial charge in [-0.1, -0.05) is 30.3 Å². The van der Waals surface area contributed by atoms with E-state index in [-0.39, 0.29) is 18.6 Å². The standard InChI is InChI=1S/C15H18O6/c16-10-6-12-13(20-11(10)7-14(17)18)8-19-15(21-12)9-4-2-1-3-5-9/h1-5,10-13,15-16H,6-8H2,(H,17,18)/t10-,11+,12+,13-,15?/m1/s1. The first-order chi connectivity index (χ1) is 10.1. The Morgan fingerprint density at radius 3 is 2.67 bits per heavy atom. The molecule has 0 amide bonds. The maximum Gasteiger partial charge on any atom is 0.306 e. The van der Waals surface area contributed by atoms with E-state index in [0.717, 1.165) is 5.56 Å². The van der Waals surface area contributed by atoms with E-state index in [1.165, 1.54) is 0 Å². The summed E-state index contributed by atoms with van der Waals surface area (Å²) in [7, 11) is 0. The number of carboxylic acid groups (broad SMARTS) is 1. The van der Waals surface area contributed by atoms with E-state index in [1.807, 2.05) is 30.3 Å². The molecule has 21 heavy (non-hydrogen) atoms. The van der Waals surface area contributed by atoms with Gasteiger partial charge in [0.15, 0.2) is 6.29 Å². The maximum absolute atomic E-state index is 10.8. The highest BCUT2D eigenvalue weighted by Crippen LogP contribution is 2.34. The summed E-state index contributed by atoms with van der Waals surface area (Å²) < 4.78 is 17.1. The number of aliphatic hydroxyl groups excluding tert-OH is 1. The van der Waals surface area contributed by atoms with Gasteiger partial charge >= 0.3 is 5.97 Å². The zero-order valence-electron chi connectivity index (χ0n) is 11.4. The molecule has 0 radical (unpaired) electrons. The molecule has 5 atom stereocenters. The summed E-state index contributed by atoms with van der Waals surface area (Å²) in [6.45, 7) is 0.326. The molecule has 2 fully saturated rings. The Bertz CT molecular complexity index is 490. The van der Waals surface area contributed by atoms with Crippen LogP contribution in [-0.2, 0) is 19.0 Å². The Morgan fingerprint density at radius 2 is 1.95 bits per heavy atom. The van der Waals surface area contributed by atoms with Crippen molar-refractivity contribution < 1.29 is 29.2 Å². The van der Waals surface area contributed by atoms with Gasteiger partial charge < -0.3 is 24.4 Å². The Morgan fingerprint density at radius 1 is 1.19 bits per heavy atom. The molecule has 1 unspecified atom stereocenters. The molecule has 6 heteroatoms. The van der Waals surface area contributed by atoms with Gasteiger partial charge in [0.2, 0.25) is 0 Å². The monoisotopic (exact) mass is 294 g/mol. The van der Waals surface area contributed by atoms with E-state index < -0.39 is 24.5 Å². The Balaban J connectivity index is 1.65. The van der Waals surface area contributed by atoms with Gasteiger partial charge in [-0.2, -0.15) is 0 Å². The van der Waals surface area contributed by atoms with Crippen LogP contribution in [0.2, 0.25) is 0 Å². The number of benzene rings is 1. The molecule has 0 bridgehead atoms. The van der Waals surface area contributed by atoms with Crippen LogP contribution in [0.1, 0.15) is 24.7 Å². The Labute approximate surface area is 122 Å². The number of hydrogen-bond acceptors (Lipinski definition) is 5. The van der Waals surface area contributed by atoms with Crippen molar-refractivity contribution in [2.24, 2.45) is 0 Å². The highest BCUT2D eigenvalue weighted by molar-refractivity contribution is 5.67. The first-order valence-electron chi connectivity index (χ1n) is 7.01. The van der Waals surface area contributed by atoms with Crippen LogP contribution < -0.4 is 0 Å². The third kappa shape index (κ3) is 3.24. The minimum atomic E-state index is -0.989. The normalized spacial score (nSPS) is 36.0. The van der Waals surface area contributed by atoms with E-state index in [2.05, 4.69) is 0 Å². The lowest BCUT2D eigenvalue weighted by molar-refractivity contribution is -0.302. The third-order valence-corrected chi connectivity index (χ3v) is 3.83. The zero-order chi connectivity index (χ0) is 14.8. The molecule has 0 aliphatic carbocycles. The van der Waals surface area contributed by atoms with Gasteiger partial charge in [0, 0.05) is 12.0 Å². The molecule has 2 heterocycles. The predicted molar refractivity (Wildman–Crippen MR) is 71.5 cm³/mol. The van der Waals surface area contributed by atoms with Crippen molar-refractivity contribution in [3.8, 4) is 0 Å². The molecule has 2 aliphatic rings. The summed E-state index contributed by atoms with van der Waals surface area (Å²) in [5.41, 5.74) is 0.915. The number of hydrogen-bond donors (Lipinski definition) is 2. The van der Waals surface area contributed by atoms with Crippen molar-refractivity contribution >= 4 is 5.97 Å². The Kier molecular flexibility index (Phi) is 4.21. The van der Waals surface area contributed by atoms with Crippen molar-refractivity contribution in [3.63, 3.8) is 0 Å². The van der Waals surface area contributed by atoms with Crippen molar-refractivity contribution in [1.82, 2.24) is 0 Å². The highest BCUT2D eigenvalue weighted by atomic mass is 16.7. The summed E-state index contributed by atoms with van der Waals surface area (Å²) in [5, 5.41) is 18.8. The summed E-state index contributed by atoms with van der Waals surface area (Å²) >= 11 is 0. The van der Waals surface area contributed by atoms with E-state index in [9.17, 15) is 9.90 Å². The van der Waals surface area contributed by atoms with Crippen LogP contribution in [-0.4, -0.2) is 47.2 Å². The molecule has 3 rings (SSSR count). The number of aliphatic hydroxyl groups is 1. The van der Waals surface area contributed by atoms with Crippen LogP contribution in [0.3, 0.4) is 0 Å². The Hall–Kier alpha value is -1.47. The lowest BCUT2D eigenvalue weighted by atomic mass is 9.95. The van der Waals surface area contributed by atoms with Crippen molar-refractivity contribution in [3.05, 3.63) is 35.9 Å². The fourth-order valence-corrected chi connectivity index (χ4v) is 2.76. The smallest absolute Gasteiger partial charge is 0.306 e. The minimum absolute atomic E-state index is 0.216. The van der Waals surface area contributed by atoms with E-state index in [0.29, 0.717) is 13.0 Å². The molecule has 114 valence electrons. The van der Waals surface area contributed by atoms with Crippen LogP contribution in [0.25, 0.3) is 0 Å². The van der Waals surface area contributed by atoms with Crippen LogP contribution in [0.5, 0.6) is 0 Å². The molecule has 2 aliphatic heterocycles. The molecule has 0 aromatic heterocycles. The third-order valence-electron chi connectivity index (χ3n) is 3.83. The average Bonchev–Trinajstić information content (AvgIpc) is 2.48. The average molecular weight is 294 g/mol. The minimum Gasteiger partial charge on any atom is -0.481 e. The lowest BCUT2D eigenvalue weighted by Gasteiger charge is -2.43. The quantitative estimate of drug-likeness (QED) is 0.868. The highest BCUT2D eigenvalue weighted by Gasteiger charge is 2.43. The van der Waals surface area contributed by atoms with Crippen LogP contribution in [0.15, 0.2) is 30.3 Å². The molecular formula is C15H18O6. The zero-order valence-corrected chi connectivity index (χ0v) is 11.4. The molecule has 1 aromatic rings. The number of carboxylic acids is 1. The molecular weight excluding hydrogens is 276 g/mol. The maximum atomic E-state index is 10.8. The number of carbonyl (C=O) groups is 1. The molecule has 6 nitrogen and oxygen atoms in total. The molecule has 0 saturated carbocycles. The lowest BCUT2D eigenvalue weighted by Crippen LogP contribution is -2.53. The SMILES string of the molecule is O=C(O)C[C@@H]1O[C@@H]2COC(c3ccccc3)O[C@H]2C[C@H]1O. The molecule has 2 saturated heterocycles. The van der Waals surface area contributed by atoms with Gasteiger partial charge in [-0.25, -0.2) is 0 Å². The van der Waals surface area contributed by atoms with Gasteiger partial charge in [-0.05, 0) is 0 Å². The first-order valence-corrected chi connectivity index (χ1v) is 7.01. The second kappa shape index (κ2) is 6.11. The fraction of sp³-hybridized carbons (Fsp3) is 0.533. The van der Waals surface area contributed by atoms with Crippen molar-refractivity contribution in [2.45, 2.75) is 43.5 Å². The first kappa shape index (κ1) is 14.5. The molecule has 0 spiro atoms. The van der Waals surface area contributed by atoms with Gasteiger partial charge in [-0.3, -0.25) is 4.79 Å². The number of ether oxygens (including phenoxy) is 3. The molecule has 2 N–H and O–H groups in total. The van der Waals surface area contributed by atoms with E-state index in [4.69, 9.17) is 19.3 Å². The van der Waals surface area contributed by atoms with Gasteiger partial charge in [0.1, 0.15) is 6.10 Å². The van der Waals surface area contributed by atoms with Crippen molar-refractivity contribution in [1.29, 1.82) is 0 Å². The van der Waals surface area contributed by atoms with Gasteiger partial charge in [-0.15, -0.1) is 0 Å². The van der Waals surface area contributed by atoms with Crippen LogP contribution >= 0.6 is 0 Å². The number of fused-ring (bicyclic) bond motifs is 1. The summed E-state index contributed by atoms with van der Waals surface area (Å²) in [5.74, 6) is -0.989. The fourth-order valence-electron chi connectivity index (χ4n) is 2.76. The van der Waals surface area contributed by atoms with Gasteiger partial charge in [0.05, 0.1) is 31.3 Å². The van der Waals surface area contributed by atoms with Crippen LogP contribution in [0.4, 0.5) is 0 Å². The van der Waals surface area contributed by atoms with Crippen molar-refractivity contribution in [2.75, 3.05) is 6.61 Å².